The summed E-state index contributed by atoms with van der Waals surface area (Å²) >= 11 is 0. The Morgan fingerprint density at radius 2 is 1.49 bits per heavy atom. The van der Waals surface area contributed by atoms with Crippen LogP contribution in [0.2, 0.25) is 0 Å². The van der Waals surface area contributed by atoms with Crippen LogP contribution in [0.1, 0.15) is 29.9 Å². The Morgan fingerprint density at radius 1 is 0.914 bits per heavy atom. The number of benzene rings is 2. The molecule has 1 saturated heterocycles. The summed E-state index contributed by atoms with van der Waals surface area (Å²) in [7, 11) is 0. The number of alkyl carbamates (subject to hydrolysis) is 1. The second-order valence-electron chi connectivity index (χ2n) is 8.67. The number of carbonyl (C=O) groups excluding carboxylic acids is 3. The molecule has 0 unspecified atom stereocenters. The molecular formula is C25H27N3O7. The van der Waals surface area contributed by atoms with Gasteiger partial charge in [-0.25, -0.2) is 9.59 Å². The maximum Gasteiger partial charge on any atom is 0.407 e. The van der Waals surface area contributed by atoms with E-state index < -0.39 is 29.5 Å². The van der Waals surface area contributed by atoms with E-state index in [-0.39, 0.29) is 51.5 Å². The quantitative estimate of drug-likeness (QED) is 0.463. The van der Waals surface area contributed by atoms with Gasteiger partial charge in [0.1, 0.15) is 13.2 Å². The number of carboxylic acids is 1. The van der Waals surface area contributed by atoms with Crippen molar-refractivity contribution in [2.24, 2.45) is 0 Å². The Labute approximate surface area is 201 Å². The predicted octanol–water partition coefficient (Wildman–Crippen LogP) is 1.08. The lowest BCUT2D eigenvalue weighted by Gasteiger charge is -2.35. The molecule has 2 aromatic rings. The number of hydrogen-bond donors (Lipinski definition) is 4. The normalized spacial score (nSPS) is 16.1. The first-order valence-corrected chi connectivity index (χ1v) is 11.4. The number of carbonyl (C=O) groups is 4. The fraction of sp³-hybridized carbons (Fsp3) is 0.360. The van der Waals surface area contributed by atoms with Crippen molar-refractivity contribution < 1.29 is 34.1 Å². The maximum atomic E-state index is 12.2. The maximum absolute atomic E-state index is 12.2. The zero-order valence-corrected chi connectivity index (χ0v) is 19.0. The van der Waals surface area contributed by atoms with Gasteiger partial charge in [-0.3, -0.25) is 9.59 Å². The SMILES string of the molecule is O=C(CNC(=O)OCC1c2ccccc2-c2ccccc21)NCC(=O)N1CCC(O)(C(=O)O)CC1. The van der Waals surface area contributed by atoms with Gasteiger partial charge in [0.2, 0.25) is 11.8 Å². The number of likely N-dealkylation sites (tertiary alicyclic amines) is 1. The summed E-state index contributed by atoms with van der Waals surface area (Å²) in [4.78, 5) is 48.9. The van der Waals surface area contributed by atoms with Gasteiger partial charge >= 0.3 is 12.1 Å². The molecule has 1 fully saturated rings. The molecule has 1 aliphatic carbocycles. The number of aliphatic hydroxyl groups is 1. The predicted molar refractivity (Wildman–Crippen MR) is 124 cm³/mol. The summed E-state index contributed by atoms with van der Waals surface area (Å²) in [6, 6.07) is 15.9. The molecule has 3 amide bonds. The minimum atomic E-state index is -1.83. The van der Waals surface area contributed by atoms with Gasteiger partial charge in [-0.05, 0) is 22.3 Å². The lowest BCUT2D eigenvalue weighted by molar-refractivity contribution is -0.165. The molecule has 0 bridgehead atoms. The van der Waals surface area contributed by atoms with Crippen LogP contribution in [0.5, 0.6) is 0 Å². The molecule has 0 aromatic heterocycles. The van der Waals surface area contributed by atoms with Crippen LogP contribution in [-0.4, -0.2) is 77.4 Å². The summed E-state index contributed by atoms with van der Waals surface area (Å²) in [5.74, 6) is -2.36. The van der Waals surface area contributed by atoms with Crippen LogP contribution in [0.4, 0.5) is 4.79 Å². The number of piperidine rings is 1. The highest BCUT2D eigenvalue weighted by atomic mass is 16.5. The molecule has 1 heterocycles. The number of aliphatic carboxylic acids is 1. The van der Waals surface area contributed by atoms with E-state index in [0.29, 0.717) is 0 Å². The summed E-state index contributed by atoms with van der Waals surface area (Å²) in [6.45, 7) is -0.373. The fourth-order valence-corrected chi connectivity index (χ4v) is 4.49. The highest BCUT2D eigenvalue weighted by Crippen LogP contribution is 2.44. The van der Waals surface area contributed by atoms with Crippen LogP contribution in [0.25, 0.3) is 11.1 Å². The molecule has 4 N–H and O–H groups in total. The Hall–Kier alpha value is -3.92. The van der Waals surface area contributed by atoms with Gasteiger partial charge in [0.05, 0.1) is 6.54 Å². The van der Waals surface area contributed by atoms with E-state index >= 15 is 0 Å². The summed E-state index contributed by atoms with van der Waals surface area (Å²) in [6.07, 6.45) is -0.895. The number of ether oxygens (including phenoxy) is 1. The molecule has 0 spiro atoms. The lowest BCUT2D eigenvalue weighted by atomic mass is 9.91. The van der Waals surface area contributed by atoms with Gasteiger partial charge in [0.15, 0.2) is 5.60 Å². The molecule has 2 aliphatic rings. The van der Waals surface area contributed by atoms with E-state index in [4.69, 9.17) is 9.84 Å². The first-order valence-electron chi connectivity index (χ1n) is 11.4. The van der Waals surface area contributed by atoms with Crippen molar-refractivity contribution >= 4 is 23.9 Å². The second-order valence-corrected chi connectivity index (χ2v) is 8.67. The van der Waals surface area contributed by atoms with Crippen molar-refractivity contribution in [3.63, 3.8) is 0 Å². The Balaban J connectivity index is 1.19. The van der Waals surface area contributed by atoms with Gasteiger partial charge in [0, 0.05) is 31.8 Å². The van der Waals surface area contributed by atoms with Crippen LogP contribution in [0.3, 0.4) is 0 Å². The number of carboxylic acid groups (broad SMARTS) is 1. The minimum absolute atomic E-state index is 0.0780. The number of amides is 3. The molecule has 0 radical (unpaired) electrons. The van der Waals surface area contributed by atoms with Crippen LogP contribution in [-0.2, 0) is 19.1 Å². The summed E-state index contributed by atoms with van der Waals surface area (Å²) < 4.78 is 5.37. The topological polar surface area (TPSA) is 145 Å². The first-order chi connectivity index (χ1) is 16.8. The smallest absolute Gasteiger partial charge is 0.407 e. The van der Waals surface area contributed by atoms with Gasteiger partial charge in [-0.1, -0.05) is 48.5 Å². The third-order valence-corrected chi connectivity index (χ3v) is 6.52. The molecule has 35 heavy (non-hydrogen) atoms. The molecule has 184 valence electrons. The summed E-state index contributed by atoms with van der Waals surface area (Å²) in [5, 5.41) is 23.8. The standard InChI is InChI=1S/C25H27N3O7/c29-21(26-14-22(30)28-11-9-25(34,10-12-28)23(31)32)13-27-24(33)35-15-20-18-7-3-1-5-16(18)17-6-2-4-8-19(17)20/h1-8,20,34H,9-15H2,(H,26,29)(H,27,33)(H,31,32). The summed E-state index contributed by atoms with van der Waals surface area (Å²) in [5.41, 5.74) is 2.56. The van der Waals surface area contributed by atoms with Gasteiger partial charge in [0.25, 0.3) is 0 Å². The van der Waals surface area contributed by atoms with E-state index in [1.54, 1.807) is 0 Å². The van der Waals surface area contributed by atoms with E-state index in [0.717, 1.165) is 22.3 Å². The van der Waals surface area contributed by atoms with E-state index in [1.165, 1.54) is 4.90 Å². The minimum Gasteiger partial charge on any atom is -0.479 e. The monoisotopic (exact) mass is 481 g/mol. The third kappa shape index (κ3) is 5.27. The molecule has 0 saturated carbocycles. The van der Waals surface area contributed by atoms with Gasteiger partial charge in [-0.15, -0.1) is 0 Å². The molecule has 2 aromatic carbocycles. The van der Waals surface area contributed by atoms with E-state index in [9.17, 15) is 24.3 Å². The van der Waals surface area contributed by atoms with Crippen molar-refractivity contribution in [2.75, 3.05) is 32.8 Å². The van der Waals surface area contributed by atoms with Gasteiger partial charge < -0.3 is 30.5 Å². The molecule has 0 atom stereocenters. The highest BCUT2D eigenvalue weighted by Gasteiger charge is 2.40. The van der Waals surface area contributed by atoms with Crippen molar-refractivity contribution in [2.45, 2.75) is 24.4 Å². The zero-order valence-electron chi connectivity index (χ0n) is 19.0. The molecule has 4 rings (SSSR count). The number of nitrogens with zero attached hydrogens (tertiary/aromatic N) is 1. The lowest BCUT2D eigenvalue weighted by Crippen LogP contribution is -2.52. The first kappa shape index (κ1) is 24.2. The number of nitrogens with one attached hydrogen (secondary N) is 2. The molecule has 10 heteroatoms. The molecular weight excluding hydrogens is 454 g/mol. The largest absolute Gasteiger partial charge is 0.479 e. The van der Waals surface area contributed by atoms with E-state index in [1.807, 2.05) is 48.5 Å². The van der Waals surface area contributed by atoms with Crippen LogP contribution >= 0.6 is 0 Å². The van der Waals surface area contributed by atoms with Crippen LogP contribution < -0.4 is 10.6 Å². The van der Waals surface area contributed by atoms with Crippen molar-refractivity contribution in [1.82, 2.24) is 15.5 Å². The molecule has 10 nitrogen and oxygen atoms in total. The average molecular weight is 482 g/mol. The average Bonchev–Trinajstić information content (AvgIpc) is 3.19. The van der Waals surface area contributed by atoms with Crippen molar-refractivity contribution in [3.8, 4) is 11.1 Å². The number of rotatable bonds is 7. The van der Waals surface area contributed by atoms with Crippen molar-refractivity contribution in [1.29, 1.82) is 0 Å². The van der Waals surface area contributed by atoms with Crippen LogP contribution in [0, 0.1) is 0 Å². The Bertz CT molecular complexity index is 1100. The van der Waals surface area contributed by atoms with Crippen LogP contribution in [0.15, 0.2) is 48.5 Å². The molecule has 1 aliphatic heterocycles. The third-order valence-electron chi connectivity index (χ3n) is 6.52. The number of fused-ring (bicyclic) bond motifs is 3. The second kappa shape index (κ2) is 10.1. The van der Waals surface area contributed by atoms with E-state index in [2.05, 4.69) is 10.6 Å². The zero-order chi connectivity index (χ0) is 25.0. The van der Waals surface area contributed by atoms with Gasteiger partial charge in [-0.2, -0.15) is 0 Å². The number of hydrogen-bond acceptors (Lipinski definition) is 6. The highest BCUT2D eigenvalue weighted by molar-refractivity contribution is 5.87. The fourth-order valence-electron chi connectivity index (χ4n) is 4.49. The van der Waals surface area contributed by atoms with Crippen molar-refractivity contribution in [3.05, 3.63) is 59.7 Å². The Morgan fingerprint density at radius 3 is 2.06 bits per heavy atom. The Kier molecular flexibility index (Phi) is 7.02.